The van der Waals surface area contributed by atoms with Crippen LogP contribution in [0.5, 0.6) is 0 Å². The lowest BCUT2D eigenvalue weighted by molar-refractivity contribution is 0.147. The van der Waals surface area contributed by atoms with E-state index in [1.54, 1.807) is 0 Å². The topological polar surface area (TPSA) is 42.4 Å². The maximum absolute atomic E-state index is 6.19. The van der Waals surface area contributed by atoms with Gasteiger partial charge in [-0.25, -0.2) is 0 Å². The van der Waals surface area contributed by atoms with Crippen LogP contribution in [0.3, 0.4) is 0 Å². The molecule has 1 aliphatic rings. The van der Waals surface area contributed by atoms with E-state index >= 15 is 0 Å². The minimum Gasteiger partial charge on any atom is -0.465 e. The van der Waals surface area contributed by atoms with E-state index in [1.165, 1.54) is 0 Å². The normalized spacial score (nSPS) is 23.8. The van der Waals surface area contributed by atoms with Crippen molar-refractivity contribution in [2.24, 2.45) is 5.73 Å². The molecule has 0 spiro atoms. The summed E-state index contributed by atoms with van der Waals surface area (Å²) in [5, 5.41) is 0. The quantitative estimate of drug-likeness (QED) is 0.915. The summed E-state index contributed by atoms with van der Waals surface area (Å²) in [4.78, 5) is 2.47. The molecule has 0 bridgehead atoms. The molecule has 1 aromatic heterocycles. The highest BCUT2D eigenvalue weighted by Crippen LogP contribution is 2.35. The molecule has 1 aliphatic heterocycles. The molecule has 1 fully saturated rings. The van der Waals surface area contributed by atoms with Crippen molar-refractivity contribution in [3.8, 4) is 0 Å². The van der Waals surface area contributed by atoms with Gasteiger partial charge in [0, 0.05) is 29.6 Å². The lowest BCUT2D eigenvalue weighted by atomic mass is 10.0. The summed E-state index contributed by atoms with van der Waals surface area (Å²) >= 11 is 2.04. The molecule has 2 N–H and O–H groups in total. The molecule has 1 saturated heterocycles. The zero-order valence-corrected chi connectivity index (χ0v) is 12.6. The standard InChI is InChI=1S/C14H24N2OS/c1-10-5-6-12(17-10)13(11(2)15)16-7-8-18-14(3,4)9-16/h5-6,11,13H,7-9,15H2,1-4H3. The number of thioether (sulfide) groups is 1. The van der Waals surface area contributed by atoms with E-state index in [0.717, 1.165) is 30.4 Å². The van der Waals surface area contributed by atoms with Gasteiger partial charge in [0.1, 0.15) is 11.5 Å². The molecule has 2 unspecified atom stereocenters. The van der Waals surface area contributed by atoms with Crippen LogP contribution < -0.4 is 5.73 Å². The first-order valence-corrected chi connectivity index (χ1v) is 7.57. The Morgan fingerprint density at radius 1 is 1.44 bits per heavy atom. The Bertz CT molecular complexity index is 400. The number of rotatable bonds is 3. The lowest BCUT2D eigenvalue weighted by Gasteiger charge is -2.42. The highest BCUT2D eigenvalue weighted by molar-refractivity contribution is 8.00. The molecule has 1 aromatic rings. The molecule has 4 heteroatoms. The van der Waals surface area contributed by atoms with E-state index in [0.29, 0.717) is 4.75 Å². The van der Waals surface area contributed by atoms with Gasteiger partial charge < -0.3 is 10.2 Å². The molecule has 102 valence electrons. The van der Waals surface area contributed by atoms with Crippen LogP contribution in [0, 0.1) is 6.92 Å². The number of nitrogens with two attached hydrogens (primary N) is 1. The van der Waals surface area contributed by atoms with Crippen molar-refractivity contribution in [3.05, 3.63) is 23.7 Å². The summed E-state index contributed by atoms with van der Waals surface area (Å²) in [5.41, 5.74) is 6.19. The van der Waals surface area contributed by atoms with Crippen LogP contribution in [0.25, 0.3) is 0 Å². The second-order valence-corrected chi connectivity index (χ2v) is 7.63. The maximum atomic E-state index is 6.19. The van der Waals surface area contributed by atoms with Gasteiger partial charge in [-0.1, -0.05) is 0 Å². The van der Waals surface area contributed by atoms with Crippen molar-refractivity contribution >= 4 is 11.8 Å². The average molecular weight is 268 g/mol. The highest BCUT2D eigenvalue weighted by Gasteiger charge is 2.34. The molecule has 18 heavy (non-hydrogen) atoms. The molecule has 0 saturated carbocycles. The largest absolute Gasteiger partial charge is 0.465 e. The summed E-state index contributed by atoms with van der Waals surface area (Å²) in [6.07, 6.45) is 0. The first-order valence-electron chi connectivity index (χ1n) is 6.59. The lowest BCUT2D eigenvalue weighted by Crippen LogP contribution is -2.49. The fourth-order valence-corrected chi connectivity index (χ4v) is 3.81. The van der Waals surface area contributed by atoms with Crippen LogP contribution in [0.15, 0.2) is 16.5 Å². The zero-order valence-electron chi connectivity index (χ0n) is 11.8. The number of hydrogen-bond acceptors (Lipinski definition) is 4. The fourth-order valence-electron chi connectivity index (χ4n) is 2.67. The summed E-state index contributed by atoms with van der Waals surface area (Å²) in [7, 11) is 0. The van der Waals surface area contributed by atoms with Crippen LogP contribution >= 0.6 is 11.8 Å². The van der Waals surface area contributed by atoms with E-state index in [1.807, 2.05) is 24.8 Å². The third kappa shape index (κ3) is 3.11. The van der Waals surface area contributed by atoms with Gasteiger partial charge in [-0.2, -0.15) is 11.8 Å². The van der Waals surface area contributed by atoms with E-state index < -0.39 is 0 Å². The van der Waals surface area contributed by atoms with Crippen molar-refractivity contribution < 1.29 is 4.42 Å². The van der Waals surface area contributed by atoms with Crippen LogP contribution in [0.1, 0.15) is 38.3 Å². The molecular weight excluding hydrogens is 244 g/mol. The molecule has 2 rings (SSSR count). The smallest absolute Gasteiger partial charge is 0.122 e. The van der Waals surface area contributed by atoms with Crippen molar-refractivity contribution in [1.29, 1.82) is 0 Å². The Hall–Kier alpha value is -0.450. The van der Waals surface area contributed by atoms with Crippen molar-refractivity contribution in [3.63, 3.8) is 0 Å². The summed E-state index contributed by atoms with van der Waals surface area (Å²) in [5.74, 6) is 3.13. The van der Waals surface area contributed by atoms with Gasteiger partial charge in [0.2, 0.25) is 0 Å². The van der Waals surface area contributed by atoms with E-state index in [9.17, 15) is 0 Å². The third-order valence-electron chi connectivity index (χ3n) is 3.40. The Balaban J connectivity index is 2.20. The first-order chi connectivity index (χ1) is 8.39. The molecule has 3 nitrogen and oxygen atoms in total. The highest BCUT2D eigenvalue weighted by atomic mass is 32.2. The molecule has 0 amide bonds. The van der Waals surface area contributed by atoms with E-state index in [2.05, 4.69) is 31.7 Å². The summed E-state index contributed by atoms with van der Waals surface area (Å²) < 4.78 is 6.10. The molecule has 0 aromatic carbocycles. The maximum Gasteiger partial charge on any atom is 0.122 e. The molecule has 2 atom stereocenters. The minimum absolute atomic E-state index is 0.0782. The van der Waals surface area contributed by atoms with Crippen LogP contribution in [0.2, 0.25) is 0 Å². The van der Waals surface area contributed by atoms with Gasteiger partial charge in [-0.3, -0.25) is 4.90 Å². The number of hydrogen-bond donors (Lipinski definition) is 1. The van der Waals surface area contributed by atoms with Gasteiger partial charge in [0.25, 0.3) is 0 Å². The van der Waals surface area contributed by atoms with Gasteiger partial charge in [-0.15, -0.1) is 0 Å². The van der Waals surface area contributed by atoms with Gasteiger partial charge in [-0.05, 0) is 39.8 Å². The van der Waals surface area contributed by atoms with Crippen LogP contribution in [-0.2, 0) is 0 Å². The van der Waals surface area contributed by atoms with Crippen molar-refractivity contribution in [1.82, 2.24) is 4.90 Å². The SMILES string of the molecule is Cc1ccc(C(C(C)N)N2CCSC(C)(C)C2)o1. The second kappa shape index (κ2) is 5.27. The zero-order chi connectivity index (χ0) is 13.3. The monoisotopic (exact) mass is 268 g/mol. The Labute approximate surface area is 114 Å². The van der Waals surface area contributed by atoms with E-state index in [-0.39, 0.29) is 12.1 Å². The molecule has 2 heterocycles. The Kier molecular flexibility index (Phi) is 4.09. The molecule has 0 radical (unpaired) electrons. The predicted octanol–water partition coefficient (Wildman–Crippen LogP) is 2.80. The van der Waals surface area contributed by atoms with Gasteiger partial charge in [0.15, 0.2) is 0 Å². The molecule has 0 aliphatic carbocycles. The second-order valence-electron chi connectivity index (χ2n) is 5.83. The van der Waals surface area contributed by atoms with Crippen molar-refractivity contribution in [2.75, 3.05) is 18.8 Å². The number of aryl methyl sites for hydroxylation is 1. The van der Waals surface area contributed by atoms with Gasteiger partial charge >= 0.3 is 0 Å². The first kappa shape index (κ1) is 14.0. The van der Waals surface area contributed by atoms with Crippen LogP contribution in [-0.4, -0.2) is 34.5 Å². The Morgan fingerprint density at radius 2 is 2.17 bits per heavy atom. The summed E-state index contributed by atoms with van der Waals surface area (Å²) in [6.45, 7) is 10.8. The van der Waals surface area contributed by atoms with Gasteiger partial charge in [0.05, 0.1) is 6.04 Å². The summed E-state index contributed by atoms with van der Waals surface area (Å²) in [6, 6.07) is 4.36. The predicted molar refractivity (Wildman–Crippen MR) is 77.9 cm³/mol. The number of furan rings is 1. The molecular formula is C14H24N2OS. The average Bonchev–Trinajstić information content (AvgIpc) is 2.63. The van der Waals surface area contributed by atoms with Crippen LogP contribution in [0.4, 0.5) is 0 Å². The number of nitrogens with zero attached hydrogens (tertiary/aromatic N) is 1. The Morgan fingerprint density at radius 3 is 2.67 bits per heavy atom. The van der Waals surface area contributed by atoms with Crippen molar-refractivity contribution in [2.45, 2.75) is 44.5 Å². The van der Waals surface area contributed by atoms with E-state index in [4.69, 9.17) is 10.2 Å². The minimum atomic E-state index is 0.0782. The fraction of sp³-hybridized carbons (Fsp3) is 0.714. The third-order valence-corrected chi connectivity index (χ3v) is 4.70.